The number of aromatic nitrogens is 4. The summed E-state index contributed by atoms with van der Waals surface area (Å²) in [5.74, 6) is -1.21. The van der Waals surface area contributed by atoms with Gasteiger partial charge in [-0.2, -0.15) is 0 Å². The molecule has 0 saturated heterocycles. The first kappa shape index (κ1) is 22.2. The molecule has 33 heavy (non-hydrogen) atoms. The predicted octanol–water partition coefficient (Wildman–Crippen LogP) is 3.13. The third-order valence-corrected chi connectivity index (χ3v) is 5.39. The fourth-order valence-corrected chi connectivity index (χ4v) is 3.73. The Hall–Kier alpha value is -3.99. The van der Waals surface area contributed by atoms with Crippen LogP contribution in [0, 0.1) is 5.82 Å². The molecule has 0 fully saturated rings. The molecule has 4 rings (SSSR count). The van der Waals surface area contributed by atoms with Crippen LogP contribution in [0.15, 0.2) is 64.5 Å². The number of esters is 1. The zero-order valence-corrected chi connectivity index (χ0v) is 18.2. The van der Waals surface area contributed by atoms with Crippen LogP contribution in [0.2, 0.25) is 0 Å². The number of carbonyl (C=O) groups is 2. The minimum Gasteiger partial charge on any atom is -0.462 e. The van der Waals surface area contributed by atoms with E-state index in [1.165, 1.54) is 22.7 Å². The Morgan fingerprint density at radius 3 is 2.64 bits per heavy atom. The lowest BCUT2D eigenvalue weighted by Gasteiger charge is -2.09. The Labute approximate surface area is 191 Å². The molecule has 0 aliphatic carbocycles. The van der Waals surface area contributed by atoms with E-state index in [4.69, 9.17) is 4.74 Å². The molecular formula is C22H18FN5O4S. The molecule has 2 N–H and O–H groups in total. The van der Waals surface area contributed by atoms with E-state index in [2.05, 4.69) is 20.4 Å². The van der Waals surface area contributed by atoms with E-state index >= 15 is 0 Å². The van der Waals surface area contributed by atoms with Crippen molar-refractivity contribution in [1.82, 2.24) is 19.6 Å². The number of H-pyrrole nitrogens is 1. The summed E-state index contributed by atoms with van der Waals surface area (Å²) in [6, 6.07) is 13.6. The normalized spacial score (nSPS) is 10.8. The quantitative estimate of drug-likeness (QED) is 0.317. The number of nitrogens with one attached hydrogen (secondary N) is 2. The highest BCUT2D eigenvalue weighted by Gasteiger charge is 2.15. The number of thioether (sulfide) groups is 1. The van der Waals surface area contributed by atoms with Crippen molar-refractivity contribution in [2.75, 3.05) is 17.7 Å². The first-order valence-electron chi connectivity index (χ1n) is 9.89. The molecule has 0 unspecified atom stereocenters. The molecule has 0 atom stereocenters. The smallest absolute Gasteiger partial charge is 0.338 e. The molecule has 168 valence electrons. The second kappa shape index (κ2) is 9.65. The molecule has 2 heterocycles. The van der Waals surface area contributed by atoms with Gasteiger partial charge < -0.3 is 10.1 Å². The molecule has 4 aromatic rings. The standard InChI is InChI=1S/C22H18FN5O4S/c1-2-32-21(31)13-7-9-14(10-8-13)24-19(30)12-33-22-26-20(15-5-3-4-6-16(15)23)25-17-11-18(29)27-28(17)22/h3-11H,2,12H2,1H3,(H,24,30)(H,27,29). The van der Waals surface area contributed by atoms with Gasteiger partial charge in [0, 0.05) is 11.8 Å². The molecule has 0 radical (unpaired) electrons. The maximum Gasteiger partial charge on any atom is 0.338 e. The Morgan fingerprint density at radius 1 is 1.15 bits per heavy atom. The van der Waals surface area contributed by atoms with Gasteiger partial charge in [0.25, 0.3) is 5.56 Å². The number of aromatic amines is 1. The lowest BCUT2D eigenvalue weighted by Crippen LogP contribution is -2.15. The minimum absolute atomic E-state index is 0.0390. The molecule has 0 aliphatic heterocycles. The number of nitrogens with zero attached hydrogens (tertiary/aromatic N) is 3. The SMILES string of the molecule is CCOC(=O)c1ccc(NC(=O)CSc2nc(-c3ccccc3F)nc3cc(=O)[nH]n23)cc1. The Kier molecular flexibility index (Phi) is 6.50. The maximum absolute atomic E-state index is 14.2. The van der Waals surface area contributed by atoms with E-state index < -0.39 is 17.3 Å². The second-order valence-electron chi connectivity index (χ2n) is 6.76. The number of anilines is 1. The van der Waals surface area contributed by atoms with Crippen molar-refractivity contribution in [3.8, 4) is 11.4 Å². The highest BCUT2D eigenvalue weighted by Crippen LogP contribution is 2.23. The van der Waals surface area contributed by atoms with Crippen LogP contribution in [-0.4, -0.2) is 43.8 Å². The molecule has 11 heteroatoms. The summed E-state index contributed by atoms with van der Waals surface area (Å²) in [5, 5.41) is 5.56. The third kappa shape index (κ3) is 5.09. The summed E-state index contributed by atoms with van der Waals surface area (Å²) >= 11 is 1.05. The first-order chi connectivity index (χ1) is 15.9. The van der Waals surface area contributed by atoms with Gasteiger partial charge in [-0.05, 0) is 43.3 Å². The van der Waals surface area contributed by atoms with Crippen LogP contribution in [0.3, 0.4) is 0 Å². The zero-order valence-electron chi connectivity index (χ0n) is 17.4. The van der Waals surface area contributed by atoms with Gasteiger partial charge >= 0.3 is 5.97 Å². The van der Waals surface area contributed by atoms with Gasteiger partial charge in [0.1, 0.15) is 5.82 Å². The number of hydrogen-bond donors (Lipinski definition) is 2. The largest absolute Gasteiger partial charge is 0.462 e. The first-order valence-corrected chi connectivity index (χ1v) is 10.9. The molecular weight excluding hydrogens is 449 g/mol. The lowest BCUT2D eigenvalue weighted by atomic mass is 10.2. The second-order valence-corrected chi connectivity index (χ2v) is 7.70. The van der Waals surface area contributed by atoms with Gasteiger partial charge in [0.15, 0.2) is 16.6 Å². The van der Waals surface area contributed by atoms with E-state index in [0.717, 1.165) is 11.8 Å². The van der Waals surface area contributed by atoms with Crippen molar-refractivity contribution in [2.24, 2.45) is 0 Å². The number of ether oxygens (including phenoxy) is 1. The zero-order chi connectivity index (χ0) is 23.4. The Balaban J connectivity index is 1.51. The van der Waals surface area contributed by atoms with Crippen LogP contribution in [0.1, 0.15) is 17.3 Å². The molecule has 9 nitrogen and oxygen atoms in total. The Bertz CT molecular complexity index is 1380. The van der Waals surface area contributed by atoms with Gasteiger partial charge in [0.2, 0.25) is 5.91 Å². The summed E-state index contributed by atoms with van der Waals surface area (Å²) in [4.78, 5) is 44.6. The summed E-state index contributed by atoms with van der Waals surface area (Å²) in [5.41, 5.74) is 0.920. The minimum atomic E-state index is -0.500. The number of benzene rings is 2. The van der Waals surface area contributed by atoms with Gasteiger partial charge in [0.05, 0.1) is 23.5 Å². The molecule has 0 saturated carbocycles. The van der Waals surface area contributed by atoms with Crippen molar-refractivity contribution in [2.45, 2.75) is 12.1 Å². The fraction of sp³-hybridized carbons (Fsp3) is 0.136. The molecule has 2 aromatic heterocycles. The molecule has 1 amide bonds. The van der Waals surface area contributed by atoms with Crippen molar-refractivity contribution < 1.29 is 18.7 Å². The lowest BCUT2D eigenvalue weighted by molar-refractivity contribution is -0.113. The summed E-state index contributed by atoms with van der Waals surface area (Å²) < 4.78 is 20.5. The van der Waals surface area contributed by atoms with E-state index in [9.17, 15) is 18.8 Å². The highest BCUT2D eigenvalue weighted by molar-refractivity contribution is 7.99. The molecule has 0 spiro atoms. The van der Waals surface area contributed by atoms with Crippen molar-refractivity contribution in [1.29, 1.82) is 0 Å². The number of halogens is 1. The van der Waals surface area contributed by atoms with Crippen molar-refractivity contribution in [3.63, 3.8) is 0 Å². The average Bonchev–Trinajstić information content (AvgIpc) is 3.18. The maximum atomic E-state index is 14.2. The van der Waals surface area contributed by atoms with Crippen LogP contribution in [0.5, 0.6) is 0 Å². The number of rotatable bonds is 7. The molecule has 2 aromatic carbocycles. The molecule has 0 bridgehead atoms. The van der Waals surface area contributed by atoms with Gasteiger partial charge in [-0.1, -0.05) is 23.9 Å². The van der Waals surface area contributed by atoms with Crippen LogP contribution in [0.4, 0.5) is 10.1 Å². The van der Waals surface area contributed by atoms with E-state index in [-0.39, 0.29) is 40.5 Å². The fourth-order valence-electron chi connectivity index (χ4n) is 2.97. The summed E-state index contributed by atoms with van der Waals surface area (Å²) in [6.07, 6.45) is 0. The Morgan fingerprint density at radius 2 is 1.91 bits per heavy atom. The summed E-state index contributed by atoms with van der Waals surface area (Å²) in [6.45, 7) is 1.99. The van der Waals surface area contributed by atoms with Crippen LogP contribution in [-0.2, 0) is 9.53 Å². The van der Waals surface area contributed by atoms with Crippen molar-refractivity contribution >= 4 is 35.0 Å². The van der Waals surface area contributed by atoms with Crippen LogP contribution < -0.4 is 10.9 Å². The average molecular weight is 467 g/mol. The third-order valence-electron chi connectivity index (χ3n) is 4.45. The van der Waals surface area contributed by atoms with Gasteiger partial charge in [-0.25, -0.2) is 23.7 Å². The van der Waals surface area contributed by atoms with Crippen LogP contribution in [0.25, 0.3) is 17.0 Å². The number of amides is 1. The molecule has 0 aliphatic rings. The summed E-state index contributed by atoms with van der Waals surface area (Å²) in [7, 11) is 0. The number of carbonyl (C=O) groups excluding carboxylic acids is 2. The van der Waals surface area contributed by atoms with Crippen molar-refractivity contribution in [3.05, 3.63) is 76.3 Å². The van der Waals surface area contributed by atoms with E-state index in [1.807, 2.05) is 0 Å². The monoisotopic (exact) mass is 467 g/mol. The van der Waals surface area contributed by atoms with Gasteiger partial charge in [-0.15, -0.1) is 0 Å². The van der Waals surface area contributed by atoms with Crippen LogP contribution >= 0.6 is 11.8 Å². The predicted molar refractivity (Wildman–Crippen MR) is 121 cm³/mol. The van der Waals surface area contributed by atoms with E-state index in [0.29, 0.717) is 11.3 Å². The number of fused-ring (bicyclic) bond motifs is 1. The highest BCUT2D eigenvalue weighted by atomic mass is 32.2. The van der Waals surface area contributed by atoms with E-state index in [1.54, 1.807) is 43.3 Å². The van der Waals surface area contributed by atoms with Gasteiger partial charge in [-0.3, -0.25) is 14.7 Å². The number of hydrogen-bond acceptors (Lipinski definition) is 7. The topological polar surface area (TPSA) is 118 Å².